The third kappa shape index (κ3) is 5.28. The summed E-state index contributed by atoms with van der Waals surface area (Å²) in [6, 6.07) is 0. The molecule has 1 aromatic heterocycles. The third-order valence-electron chi connectivity index (χ3n) is 3.38. The molecule has 4 nitrogen and oxygen atoms in total. The molecule has 0 aliphatic rings. The van der Waals surface area contributed by atoms with Crippen LogP contribution in [0.4, 0.5) is 0 Å². The number of aryl methyl sites for hydroxylation is 1. The van der Waals surface area contributed by atoms with Gasteiger partial charge in [0.2, 0.25) is 5.91 Å². The first kappa shape index (κ1) is 15.5. The summed E-state index contributed by atoms with van der Waals surface area (Å²) < 4.78 is 1.71. The highest BCUT2D eigenvalue weighted by atomic mass is 16.1. The van der Waals surface area contributed by atoms with Crippen molar-refractivity contribution < 1.29 is 4.79 Å². The quantitative estimate of drug-likeness (QED) is 0.801. The van der Waals surface area contributed by atoms with E-state index < -0.39 is 0 Å². The molecule has 0 spiro atoms. The molecule has 0 radical (unpaired) electrons. The number of nitrogens with zero attached hydrogens (tertiary/aromatic N) is 2. The largest absolute Gasteiger partial charge is 0.352 e. The van der Waals surface area contributed by atoms with E-state index >= 15 is 0 Å². The smallest absolute Gasteiger partial charge is 0.244 e. The summed E-state index contributed by atoms with van der Waals surface area (Å²) >= 11 is 0. The van der Waals surface area contributed by atoms with Crippen LogP contribution in [0, 0.1) is 17.8 Å². The highest BCUT2D eigenvalue weighted by Gasteiger charge is 2.17. The summed E-state index contributed by atoms with van der Waals surface area (Å²) in [6.07, 6.45) is 6.94. The van der Waals surface area contributed by atoms with Crippen molar-refractivity contribution in [3.05, 3.63) is 24.0 Å². The van der Waals surface area contributed by atoms with Gasteiger partial charge in [-0.05, 0) is 23.8 Å². The van der Waals surface area contributed by atoms with Crippen LogP contribution in [-0.4, -0.2) is 22.2 Å². The monoisotopic (exact) mass is 263 g/mol. The van der Waals surface area contributed by atoms with E-state index in [0.29, 0.717) is 17.8 Å². The Labute approximate surface area is 115 Å². The molecule has 19 heavy (non-hydrogen) atoms. The Kier molecular flexibility index (Phi) is 5.80. The Morgan fingerprint density at radius 1 is 1.37 bits per heavy atom. The first-order valence-corrected chi connectivity index (χ1v) is 6.84. The Balaban J connectivity index is 2.45. The number of nitrogens with one attached hydrogen (secondary N) is 1. The van der Waals surface area contributed by atoms with Gasteiger partial charge in [0, 0.05) is 31.4 Å². The molecule has 4 heteroatoms. The van der Waals surface area contributed by atoms with Crippen molar-refractivity contribution in [1.29, 1.82) is 0 Å². The zero-order valence-corrected chi connectivity index (χ0v) is 12.6. The summed E-state index contributed by atoms with van der Waals surface area (Å²) in [5.41, 5.74) is 0.932. The SMILES string of the molecule is CC(C)C(CNC(=O)/C=C/c1cnn(C)c1)C(C)C. The second kappa shape index (κ2) is 7.12. The molecule has 1 amide bonds. The standard InChI is InChI=1S/C15H25N3O/c1-11(2)14(12(3)4)9-16-15(19)7-6-13-8-17-18(5)10-13/h6-8,10-12,14H,9H2,1-5H3,(H,16,19)/b7-6+. The van der Waals surface area contributed by atoms with Crippen molar-refractivity contribution in [1.82, 2.24) is 15.1 Å². The van der Waals surface area contributed by atoms with Crippen LogP contribution >= 0.6 is 0 Å². The Morgan fingerprint density at radius 3 is 2.47 bits per heavy atom. The zero-order valence-electron chi connectivity index (χ0n) is 12.6. The molecule has 1 rings (SSSR count). The van der Waals surface area contributed by atoms with E-state index in [1.807, 2.05) is 13.2 Å². The fraction of sp³-hybridized carbons (Fsp3) is 0.600. The lowest BCUT2D eigenvalue weighted by Gasteiger charge is -2.24. The van der Waals surface area contributed by atoms with E-state index in [1.54, 1.807) is 23.0 Å². The van der Waals surface area contributed by atoms with Crippen LogP contribution < -0.4 is 5.32 Å². The molecule has 0 fully saturated rings. The van der Waals surface area contributed by atoms with Crippen molar-refractivity contribution in [3.8, 4) is 0 Å². The van der Waals surface area contributed by atoms with Crippen LogP contribution in [0.3, 0.4) is 0 Å². The maximum Gasteiger partial charge on any atom is 0.244 e. The number of hydrogen-bond acceptors (Lipinski definition) is 2. The minimum atomic E-state index is -0.0462. The summed E-state index contributed by atoms with van der Waals surface area (Å²) in [6.45, 7) is 9.51. The second-order valence-corrected chi connectivity index (χ2v) is 5.68. The van der Waals surface area contributed by atoms with E-state index in [-0.39, 0.29) is 5.91 Å². The molecule has 0 atom stereocenters. The van der Waals surface area contributed by atoms with Gasteiger partial charge >= 0.3 is 0 Å². The fourth-order valence-electron chi connectivity index (χ4n) is 2.22. The Morgan fingerprint density at radius 2 is 2.00 bits per heavy atom. The molecule has 106 valence electrons. The average Bonchev–Trinajstić information content (AvgIpc) is 2.71. The van der Waals surface area contributed by atoms with Gasteiger partial charge in [-0.15, -0.1) is 0 Å². The van der Waals surface area contributed by atoms with Gasteiger partial charge in [0.15, 0.2) is 0 Å². The number of carbonyl (C=O) groups is 1. The van der Waals surface area contributed by atoms with Gasteiger partial charge in [-0.1, -0.05) is 27.7 Å². The fourth-order valence-corrected chi connectivity index (χ4v) is 2.22. The van der Waals surface area contributed by atoms with Gasteiger partial charge < -0.3 is 5.32 Å². The lowest BCUT2D eigenvalue weighted by molar-refractivity contribution is -0.116. The molecule has 1 heterocycles. The first-order valence-electron chi connectivity index (χ1n) is 6.84. The second-order valence-electron chi connectivity index (χ2n) is 5.68. The Bertz CT molecular complexity index is 424. The van der Waals surface area contributed by atoms with Crippen LogP contribution in [0.5, 0.6) is 0 Å². The van der Waals surface area contributed by atoms with E-state index in [2.05, 4.69) is 38.1 Å². The van der Waals surface area contributed by atoms with Crippen LogP contribution in [0.15, 0.2) is 18.5 Å². The molecule has 0 aliphatic carbocycles. The maximum atomic E-state index is 11.7. The highest BCUT2D eigenvalue weighted by Crippen LogP contribution is 2.19. The van der Waals surface area contributed by atoms with Gasteiger partial charge in [-0.2, -0.15) is 5.10 Å². The first-order chi connectivity index (χ1) is 8.90. The van der Waals surface area contributed by atoms with Gasteiger partial charge in [0.25, 0.3) is 0 Å². The predicted octanol–water partition coefficient (Wildman–Crippen LogP) is 2.48. The number of rotatable bonds is 6. The van der Waals surface area contributed by atoms with Crippen LogP contribution in [0.25, 0.3) is 6.08 Å². The molecule has 0 bridgehead atoms. The third-order valence-corrected chi connectivity index (χ3v) is 3.38. The average molecular weight is 263 g/mol. The number of carbonyl (C=O) groups excluding carboxylic acids is 1. The van der Waals surface area contributed by atoms with Gasteiger partial charge in [0.1, 0.15) is 0 Å². The lowest BCUT2D eigenvalue weighted by atomic mass is 9.85. The normalized spacial score (nSPS) is 12.0. The molecule has 0 saturated heterocycles. The summed E-state index contributed by atoms with van der Waals surface area (Å²) in [7, 11) is 1.85. The van der Waals surface area contributed by atoms with Gasteiger partial charge in [0.05, 0.1) is 6.20 Å². The molecule has 0 aromatic carbocycles. The summed E-state index contributed by atoms with van der Waals surface area (Å²) in [4.78, 5) is 11.7. The van der Waals surface area contributed by atoms with E-state index in [4.69, 9.17) is 0 Å². The van der Waals surface area contributed by atoms with E-state index in [1.165, 1.54) is 0 Å². The minimum absolute atomic E-state index is 0.0462. The predicted molar refractivity (Wildman–Crippen MR) is 78.4 cm³/mol. The Hall–Kier alpha value is -1.58. The van der Waals surface area contributed by atoms with Crippen molar-refractivity contribution in [3.63, 3.8) is 0 Å². The molecular formula is C15H25N3O. The maximum absolute atomic E-state index is 11.7. The van der Waals surface area contributed by atoms with Crippen LogP contribution in [-0.2, 0) is 11.8 Å². The van der Waals surface area contributed by atoms with Crippen molar-refractivity contribution in [2.75, 3.05) is 6.54 Å². The number of amides is 1. The molecule has 0 unspecified atom stereocenters. The van der Waals surface area contributed by atoms with Crippen molar-refractivity contribution in [2.45, 2.75) is 27.7 Å². The summed E-state index contributed by atoms with van der Waals surface area (Å²) in [5.74, 6) is 1.61. The van der Waals surface area contributed by atoms with Crippen molar-refractivity contribution >= 4 is 12.0 Å². The van der Waals surface area contributed by atoms with E-state index in [0.717, 1.165) is 12.1 Å². The van der Waals surface area contributed by atoms with Gasteiger partial charge in [-0.25, -0.2) is 0 Å². The molecule has 0 saturated carbocycles. The van der Waals surface area contributed by atoms with Crippen LogP contribution in [0.2, 0.25) is 0 Å². The van der Waals surface area contributed by atoms with E-state index in [9.17, 15) is 4.79 Å². The molecular weight excluding hydrogens is 238 g/mol. The molecule has 1 aromatic rings. The molecule has 0 aliphatic heterocycles. The van der Waals surface area contributed by atoms with Crippen molar-refractivity contribution in [2.24, 2.45) is 24.8 Å². The lowest BCUT2D eigenvalue weighted by Crippen LogP contribution is -2.32. The minimum Gasteiger partial charge on any atom is -0.352 e. The van der Waals surface area contributed by atoms with Crippen LogP contribution in [0.1, 0.15) is 33.3 Å². The zero-order chi connectivity index (χ0) is 14.4. The summed E-state index contributed by atoms with van der Waals surface area (Å²) in [5, 5.41) is 7.02. The van der Waals surface area contributed by atoms with Gasteiger partial charge in [-0.3, -0.25) is 9.48 Å². The number of hydrogen-bond donors (Lipinski definition) is 1. The highest BCUT2D eigenvalue weighted by molar-refractivity contribution is 5.91. The topological polar surface area (TPSA) is 46.9 Å². The number of aromatic nitrogens is 2. The molecule has 1 N–H and O–H groups in total.